The number of hydrogen-bond acceptors (Lipinski definition) is 7. The molecule has 1 aromatic carbocycles. The Morgan fingerprint density at radius 3 is 2.70 bits per heavy atom. The molecule has 0 N–H and O–H groups in total. The molecular formula is C20H27N3O6S. The molecule has 3 rings (SSSR count). The summed E-state index contributed by atoms with van der Waals surface area (Å²) in [6.45, 7) is 4.77. The molecule has 0 bridgehead atoms. The predicted molar refractivity (Wildman–Crippen MR) is 109 cm³/mol. The first-order chi connectivity index (χ1) is 14.3. The van der Waals surface area contributed by atoms with Crippen molar-refractivity contribution in [3.05, 3.63) is 41.3 Å². The van der Waals surface area contributed by atoms with Gasteiger partial charge in [-0.1, -0.05) is 17.3 Å². The lowest BCUT2D eigenvalue weighted by Gasteiger charge is -2.22. The zero-order valence-corrected chi connectivity index (χ0v) is 18.3. The summed E-state index contributed by atoms with van der Waals surface area (Å²) in [5.74, 6) is 0.847. The highest BCUT2D eigenvalue weighted by Crippen LogP contribution is 2.24. The van der Waals surface area contributed by atoms with Gasteiger partial charge in [-0.15, -0.1) is 0 Å². The molecule has 2 heterocycles. The summed E-state index contributed by atoms with van der Waals surface area (Å²) in [4.78, 5) is 14.3. The maximum atomic E-state index is 13.0. The maximum Gasteiger partial charge on any atom is 0.248 e. The number of benzene rings is 1. The molecule has 164 valence electrons. The molecule has 1 aromatic heterocycles. The zero-order chi connectivity index (χ0) is 21.7. The van der Waals surface area contributed by atoms with Crippen LogP contribution in [-0.2, 0) is 26.2 Å². The van der Waals surface area contributed by atoms with Crippen molar-refractivity contribution >= 4 is 15.9 Å². The lowest BCUT2D eigenvalue weighted by atomic mass is 10.2. The van der Waals surface area contributed by atoms with Crippen LogP contribution >= 0.6 is 0 Å². The molecule has 9 nitrogen and oxygen atoms in total. The fraction of sp³-hybridized carbons (Fsp3) is 0.500. The molecule has 1 fully saturated rings. The first-order valence-electron chi connectivity index (χ1n) is 9.74. The largest absolute Gasteiger partial charge is 0.497 e. The number of rotatable bonds is 7. The van der Waals surface area contributed by atoms with Gasteiger partial charge in [-0.3, -0.25) is 4.79 Å². The van der Waals surface area contributed by atoms with Gasteiger partial charge in [-0.05, 0) is 38.0 Å². The van der Waals surface area contributed by atoms with Gasteiger partial charge in [-0.25, -0.2) is 8.42 Å². The summed E-state index contributed by atoms with van der Waals surface area (Å²) < 4.78 is 43.1. The van der Waals surface area contributed by atoms with Crippen LogP contribution in [0.2, 0.25) is 0 Å². The van der Waals surface area contributed by atoms with Gasteiger partial charge >= 0.3 is 0 Å². The van der Waals surface area contributed by atoms with E-state index in [9.17, 15) is 13.2 Å². The first-order valence-corrected chi connectivity index (χ1v) is 11.2. The highest BCUT2D eigenvalue weighted by Gasteiger charge is 2.32. The highest BCUT2D eigenvalue weighted by molar-refractivity contribution is 7.89. The van der Waals surface area contributed by atoms with Gasteiger partial charge in [0.25, 0.3) is 0 Å². The van der Waals surface area contributed by atoms with Gasteiger partial charge in [0.05, 0.1) is 13.7 Å². The van der Waals surface area contributed by atoms with Crippen LogP contribution in [0.4, 0.5) is 0 Å². The van der Waals surface area contributed by atoms with Gasteiger partial charge in [-0.2, -0.15) is 4.31 Å². The van der Waals surface area contributed by atoms with Crippen LogP contribution in [0.3, 0.4) is 0 Å². The maximum absolute atomic E-state index is 13.0. The molecule has 1 aliphatic rings. The van der Waals surface area contributed by atoms with Crippen molar-refractivity contribution in [2.45, 2.75) is 31.8 Å². The SMILES string of the molecule is COc1cccc(COCC(=O)N2CCCN(S(=O)(=O)c3c(C)noc3C)CC2)c1. The Hall–Kier alpha value is -2.43. The van der Waals surface area contributed by atoms with Crippen LogP contribution < -0.4 is 4.74 Å². The Labute approximate surface area is 176 Å². The third kappa shape index (κ3) is 5.00. The summed E-state index contributed by atoms with van der Waals surface area (Å²) in [5.41, 5.74) is 1.25. The number of hydrogen-bond donors (Lipinski definition) is 0. The molecule has 0 saturated carbocycles. The van der Waals surface area contributed by atoms with Gasteiger partial charge < -0.3 is 18.9 Å². The fourth-order valence-electron chi connectivity index (χ4n) is 3.47. The normalized spacial score (nSPS) is 15.8. The van der Waals surface area contributed by atoms with E-state index in [1.807, 2.05) is 24.3 Å². The summed E-state index contributed by atoms with van der Waals surface area (Å²) in [5, 5.41) is 3.74. The average Bonchev–Trinajstić information content (AvgIpc) is 2.93. The van der Waals surface area contributed by atoms with Crippen LogP contribution in [-0.4, -0.2) is 68.6 Å². The predicted octanol–water partition coefficient (Wildman–Crippen LogP) is 1.74. The Morgan fingerprint density at radius 1 is 1.20 bits per heavy atom. The first kappa shape index (κ1) is 22.3. The van der Waals surface area contributed by atoms with Crippen molar-refractivity contribution in [3.8, 4) is 5.75 Å². The van der Waals surface area contributed by atoms with E-state index in [1.165, 1.54) is 4.31 Å². The van der Waals surface area contributed by atoms with Gasteiger partial charge in [0, 0.05) is 26.2 Å². The van der Waals surface area contributed by atoms with Gasteiger partial charge in [0.1, 0.15) is 22.9 Å². The van der Waals surface area contributed by atoms with Crippen molar-refractivity contribution in [3.63, 3.8) is 0 Å². The smallest absolute Gasteiger partial charge is 0.248 e. The molecule has 1 aliphatic heterocycles. The topological polar surface area (TPSA) is 102 Å². The molecule has 10 heteroatoms. The summed E-state index contributed by atoms with van der Waals surface area (Å²) in [7, 11) is -2.12. The number of aryl methyl sites for hydroxylation is 2. The second-order valence-corrected chi connectivity index (χ2v) is 9.01. The number of carbonyl (C=O) groups is 1. The van der Waals surface area contributed by atoms with Crippen LogP contribution in [0, 0.1) is 13.8 Å². The number of ether oxygens (including phenoxy) is 2. The minimum absolute atomic E-state index is 0.0617. The molecule has 2 aromatic rings. The monoisotopic (exact) mass is 437 g/mol. The van der Waals surface area contributed by atoms with Crippen molar-refractivity contribution in [2.24, 2.45) is 0 Å². The Morgan fingerprint density at radius 2 is 2.00 bits per heavy atom. The molecule has 0 aliphatic carbocycles. The number of carbonyl (C=O) groups excluding carboxylic acids is 1. The van der Waals surface area contributed by atoms with E-state index in [-0.39, 0.29) is 29.7 Å². The zero-order valence-electron chi connectivity index (χ0n) is 17.5. The van der Waals surface area contributed by atoms with Crippen LogP contribution in [0.5, 0.6) is 5.75 Å². The van der Waals surface area contributed by atoms with E-state index >= 15 is 0 Å². The van der Waals surface area contributed by atoms with E-state index in [0.29, 0.717) is 38.4 Å². The number of nitrogens with zero attached hydrogens (tertiary/aromatic N) is 3. The molecule has 0 unspecified atom stereocenters. The van der Waals surface area contributed by atoms with Gasteiger partial charge in [0.2, 0.25) is 15.9 Å². The average molecular weight is 438 g/mol. The quantitative estimate of drug-likeness (QED) is 0.650. The van der Waals surface area contributed by atoms with Crippen molar-refractivity contribution in [1.82, 2.24) is 14.4 Å². The summed E-state index contributed by atoms with van der Waals surface area (Å²) in [6.07, 6.45) is 0.546. The Kier molecular flexibility index (Phi) is 7.11. The number of methoxy groups -OCH3 is 1. The van der Waals surface area contributed by atoms with E-state index in [0.717, 1.165) is 11.3 Å². The molecule has 0 atom stereocenters. The Bertz CT molecular complexity index is 969. The van der Waals surface area contributed by atoms with E-state index in [4.69, 9.17) is 14.0 Å². The van der Waals surface area contributed by atoms with E-state index in [1.54, 1.807) is 25.9 Å². The molecular weight excluding hydrogens is 410 g/mol. The minimum Gasteiger partial charge on any atom is -0.497 e. The van der Waals surface area contributed by atoms with Crippen molar-refractivity contribution in [1.29, 1.82) is 0 Å². The van der Waals surface area contributed by atoms with Crippen molar-refractivity contribution < 1.29 is 27.2 Å². The lowest BCUT2D eigenvalue weighted by Crippen LogP contribution is -2.39. The second kappa shape index (κ2) is 9.59. The highest BCUT2D eigenvalue weighted by atomic mass is 32.2. The third-order valence-electron chi connectivity index (χ3n) is 5.00. The Balaban J connectivity index is 1.55. The molecule has 1 amide bonds. The minimum atomic E-state index is -3.72. The van der Waals surface area contributed by atoms with Crippen LogP contribution in [0.25, 0.3) is 0 Å². The molecule has 30 heavy (non-hydrogen) atoms. The standard InChI is InChI=1S/C20H27N3O6S/c1-15-20(16(2)29-21-15)30(25,26)23-9-5-8-22(10-11-23)19(24)14-28-13-17-6-4-7-18(12-17)27-3/h4,6-7,12H,5,8-11,13-14H2,1-3H3. The summed E-state index contributed by atoms with van der Waals surface area (Å²) in [6, 6.07) is 7.46. The molecule has 0 spiro atoms. The lowest BCUT2D eigenvalue weighted by molar-refractivity contribution is -0.136. The van der Waals surface area contributed by atoms with Crippen molar-refractivity contribution in [2.75, 3.05) is 39.9 Å². The molecule has 0 radical (unpaired) electrons. The van der Waals surface area contributed by atoms with E-state index in [2.05, 4.69) is 5.16 Å². The van der Waals surface area contributed by atoms with Crippen LogP contribution in [0.15, 0.2) is 33.7 Å². The fourth-order valence-corrected chi connectivity index (χ4v) is 5.23. The second-order valence-electron chi connectivity index (χ2n) is 7.14. The number of sulfonamides is 1. The molecule has 1 saturated heterocycles. The summed E-state index contributed by atoms with van der Waals surface area (Å²) >= 11 is 0. The van der Waals surface area contributed by atoms with E-state index < -0.39 is 10.0 Å². The number of aromatic nitrogens is 1. The van der Waals surface area contributed by atoms with Gasteiger partial charge in [0.15, 0.2) is 5.76 Å². The number of amides is 1. The third-order valence-corrected chi connectivity index (χ3v) is 7.15. The van der Waals surface area contributed by atoms with Crippen LogP contribution in [0.1, 0.15) is 23.4 Å².